The van der Waals surface area contributed by atoms with Crippen molar-refractivity contribution >= 4 is 38.7 Å². The van der Waals surface area contributed by atoms with E-state index in [4.69, 9.17) is 0 Å². The molecule has 0 radical (unpaired) electrons. The minimum absolute atomic E-state index is 0.160. The second-order valence-electron chi connectivity index (χ2n) is 4.14. The third-order valence-corrected chi connectivity index (χ3v) is 4.70. The summed E-state index contributed by atoms with van der Waals surface area (Å²) in [6.45, 7) is 1.97. The van der Waals surface area contributed by atoms with Crippen molar-refractivity contribution in [2.24, 2.45) is 0 Å². The van der Waals surface area contributed by atoms with Gasteiger partial charge in [0.1, 0.15) is 5.01 Å². The van der Waals surface area contributed by atoms with Crippen LogP contribution in [0.4, 0.5) is 0 Å². The van der Waals surface area contributed by atoms with E-state index >= 15 is 0 Å². The second-order valence-corrected chi connectivity index (χ2v) is 6.00. The summed E-state index contributed by atoms with van der Waals surface area (Å²) in [7, 11) is 0. The maximum Gasteiger partial charge on any atom is 0.170 e. The van der Waals surface area contributed by atoms with Crippen LogP contribution in [0.2, 0.25) is 0 Å². The van der Waals surface area contributed by atoms with Crippen molar-refractivity contribution in [2.75, 3.05) is 0 Å². The molecule has 2 aromatic heterocycles. The van der Waals surface area contributed by atoms with Crippen LogP contribution in [0.15, 0.2) is 35.0 Å². The lowest BCUT2D eigenvalue weighted by Gasteiger charge is -1.96. The Hall–Kier alpha value is -1.52. The largest absolute Gasteiger partial charge is 0.294 e. The highest BCUT2D eigenvalue weighted by Gasteiger charge is 2.13. The lowest BCUT2D eigenvalue weighted by atomic mass is 10.1. The third kappa shape index (κ3) is 2.09. The van der Waals surface area contributed by atoms with Crippen LogP contribution in [-0.2, 0) is 6.42 Å². The van der Waals surface area contributed by atoms with Crippen LogP contribution in [-0.4, -0.2) is 10.8 Å². The van der Waals surface area contributed by atoms with Crippen molar-refractivity contribution in [3.8, 4) is 0 Å². The number of benzene rings is 1. The fourth-order valence-electron chi connectivity index (χ4n) is 1.87. The molecule has 0 aliphatic rings. The minimum Gasteiger partial charge on any atom is -0.294 e. The Kier molecular flexibility index (Phi) is 2.97. The Labute approximate surface area is 113 Å². The van der Waals surface area contributed by atoms with Gasteiger partial charge in [0, 0.05) is 10.9 Å². The average molecular weight is 273 g/mol. The zero-order valence-corrected chi connectivity index (χ0v) is 11.5. The first-order valence-corrected chi connectivity index (χ1v) is 7.40. The number of fused-ring (bicyclic) bond motifs is 1. The molecule has 3 aromatic rings. The van der Waals surface area contributed by atoms with Crippen LogP contribution in [0, 0.1) is 6.92 Å². The predicted octanol–water partition coefficient (Wildman–Crippen LogP) is 4.09. The smallest absolute Gasteiger partial charge is 0.170 e. The molecular weight excluding hydrogens is 262 g/mol. The van der Waals surface area contributed by atoms with E-state index in [0.717, 1.165) is 26.4 Å². The van der Waals surface area contributed by atoms with Gasteiger partial charge >= 0.3 is 0 Å². The van der Waals surface area contributed by atoms with Crippen molar-refractivity contribution in [3.05, 3.63) is 51.2 Å². The minimum atomic E-state index is 0.160. The topological polar surface area (TPSA) is 30.0 Å². The highest BCUT2D eigenvalue weighted by Crippen LogP contribution is 2.23. The number of thiophene rings is 1. The SMILES string of the molecule is Cc1cscc1C(=O)Cc1nc2ccccc2s1. The van der Waals surface area contributed by atoms with Gasteiger partial charge in [-0.05, 0) is 30.0 Å². The van der Waals surface area contributed by atoms with E-state index in [-0.39, 0.29) is 5.78 Å². The number of hydrogen-bond donors (Lipinski definition) is 0. The fourth-order valence-corrected chi connectivity index (χ4v) is 3.69. The summed E-state index contributed by atoms with van der Waals surface area (Å²) >= 11 is 3.17. The molecule has 0 atom stereocenters. The maximum atomic E-state index is 12.1. The van der Waals surface area contributed by atoms with Crippen LogP contribution in [0.5, 0.6) is 0 Å². The highest BCUT2D eigenvalue weighted by molar-refractivity contribution is 7.18. The number of thiazole rings is 1. The standard InChI is InChI=1S/C14H11NOS2/c1-9-7-17-8-10(9)12(16)6-14-15-11-4-2-3-5-13(11)18-14/h2-5,7-8H,6H2,1H3. The molecule has 0 fully saturated rings. The molecule has 1 aromatic carbocycles. The monoisotopic (exact) mass is 273 g/mol. The fraction of sp³-hybridized carbons (Fsp3) is 0.143. The van der Waals surface area contributed by atoms with E-state index < -0.39 is 0 Å². The number of para-hydroxylation sites is 1. The van der Waals surface area contributed by atoms with Crippen molar-refractivity contribution in [1.82, 2.24) is 4.98 Å². The van der Waals surface area contributed by atoms with Gasteiger partial charge in [0.15, 0.2) is 5.78 Å². The number of rotatable bonds is 3. The molecule has 18 heavy (non-hydrogen) atoms. The van der Waals surface area contributed by atoms with Crippen molar-refractivity contribution in [3.63, 3.8) is 0 Å². The molecule has 0 amide bonds. The van der Waals surface area contributed by atoms with E-state index in [2.05, 4.69) is 4.98 Å². The Morgan fingerprint density at radius 2 is 2.11 bits per heavy atom. The second kappa shape index (κ2) is 4.63. The zero-order chi connectivity index (χ0) is 12.5. The number of Topliss-reactive ketones (excluding diaryl/α,β-unsaturated/α-hetero) is 1. The third-order valence-electron chi connectivity index (χ3n) is 2.81. The molecule has 0 bridgehead atoms. The molecule has 0 N–H and O–H groups in total. The van der Waals surface area contributed by atoms with Crippen LogP contribution < -0.4 is 0 Å². The molecule has 0 aliphatic heterocycles. The van der Waals surface area contributed by atoms with Crippen molar-refractivity contribution in [1.29, 1.82) is 0 Å². The molecule has 3 rings (SSSR count). The lowest BCUT2D eigenvalue weighted by Crippen LogP contribution is -2.03. The lowest BCUT2D eigenvalue weighted by molar-refractivity contribution is 0.0993. The summed E-state index contributed by atoms with van der Waals surface area (Å²) in [5, 5.41) is 4.82. The molecule has 90 valence electrons. The normalized spacial score (nSPS) is 10.9. The summed E-state index contributed by atoms with van der Waals surface area (Å²) in [6.07, 6.45) is 0.400. The van der Waals surface area contributed by atoms with Gasteiger partial charge < -0.3 is 0 Å². The zero-order valence-electron chi connectivity index (χ0n) is 9.84. The van der Waals surface area contributed by atoms with Crippen molar-refractivity contribution in [2.45, 2.75) is 13.3 Å². The van der Waals surface area contributed by atoms with Gasteiger partial charge in [0.2, 0.25) is 0 Å². The summed E-state index contributed by atoms with van der Waals surface area (Å²) in [5.41, 5.74) is 2.87. The molecule has 0 saturated heterocycles. The van der Waals surface area contributed by atoms with Crippen LogP contribution >= 0.6 is 22.7 Å². The molecule has 4 heteroatoms. The number of nitrogens with zero attached hydrogens (tertiary/aromatic N) is 1. The number of ketones is 1. The van der Waals surface area contributed by atoms with E-state index in [1.54, 1.807) is 22.7 Å². The molecule has 0 aliphatic carbocycles. The molecule has 0 saturated carbocycles. The van der Waals surface area contributed by atoms with Crippen molar-refractivity contribution < 1.29 is 4.79 Å². The number of aryl methyl sites for hydroxylation is 1. The van der Waals surface area contributed by atoms with Gasteiger partial charge in [-0.1, -0.05) is 12.1 Å². The molecule has 0 unspecified atom stereocenters. The number of carbonyl (C=O) groups is 1. The van der Waals surface area contributed by atoms with Crippen LogP contribution in [0.1, 0.15) is 20.9 Å². The summed E-state index contributed by atoms with van der Waals surface area (Å²) in [6, 6.07) is 7.98. The van der Waals surface area contributed by atoms with E-state index in [1.807, 2.05) is 41.9 Å². The molecule has 2 heterocycles. The van der Waals surface area contributed by atoms with Crippen LogP contribution in [0.3, 0.4) is 0 Å². The van der Waals surface area contributed by atoms with E-state index in [1.165, 1.54) is 0 Å². The number of aromatic nitrogens is 1. The molecule has 0 spiro atoms. The number of hydrogen-bond acceptors (Lipinski definition) is 4. The predicted molar refractivity (Wildman–Crippen MR) is 76.7 cm³/mol. The quantitative estimate of drug-likeness (QED) is 0.673. The van der Waals surface area contributed by atoms with Gasteiger partial charge in [-0.25, -0.2) is 4.98 Å². The first kappa shape index (κ1) is 11.6. The van der Waals surface area contributed by atoms with Gasteiger partial charge in [-0.3, -0.25) is 4.79 Å². The average Bonchev–Trinajstić information content (AvgIpc) is 2.94. The van der Waals surface area contributed by atoms with Gasteiger partial charge in [0.25, 0.3) is 0 Å². The van der Waals surface area contributed by atoms with E-state index in [0.29, 0.717) is 6.42 Å². The Morgan fingerprint density at radius 3 is 2.83 bits per heavy atom. The highest BCUT2D eigenvalue weighted by atomic mass is 32.1. The maximum absolute atomic E-state index is 12.1. The van der Waals surface area contributed by atoms with Gasteiger partial charge in [0.05, 0.1) is 16.6 Å². The molecule has 2 nitrogen and oxygen atoms in total. The first-order chi connectivity index (χ1) is 8.74. The van der Waals surface area contributed by atoms with Crippen LogP contribution in [0.25, 0.3) is 10.2 Å². The summed E-state index contributed by atoms with van der Waals surface area (Å²) < 4.78 is 1.14. The number of carbonyl (C=O) groups excluding carboxylic acids is 1. The van der Waals surface area contributed by atoms with Gasteiger partial charge in [-0.15, -0.1) is 11.3 Å². The van der Waals surface area contributed by atoms with Gasteiger partial charge in [-0.2, -0.15) is 11.3 Å². The Bertz CT molecular complexity index is 678. The van der Waals surface area contributed by atoms with E-state index in [9.17, 15) is 4.79 Å². The summed E-state index contributed by atoms with van der Waals surface area (Å²) in [5.74, 6) is 0.160. The first-order valence-electron chi connectivity index (χ1n) is 5.64. The Balaban J connectivity index is 1.88. The Morgan fingerprint density at radius 1 is 1.28 bits per heavy atom. The molecular formula is C14H11NOS2. The summed E-state index contributed by atoms with van der Waals surface area (Å²) in [4.78, 5) is 16.6.